The Morgan fingerprint density at radius 1 is 1.26 bits per heavy atom. The van der Waals surface area contributed by atoms with E-state index in [0.717, 1.165) is 19.9 Å². The predicted molar refractivity (Wildman–Crippen MR) is 82.9 cm³/mol. The van der Waals surface area contributed by atoms with Crippen LogP contribution >= 0.6 is 27.3 Å². The molecule has 98 valence electrons. The Kier molecular flexibility index (Phi) is 4.50. The lowest BCUT2D eigenvalue weighted by Gasteiger charge is -2.04. The molecular weight excluding hydrogens is 324 g/mol. The van der Waals surface area contributed by atoms with Crippen LogP contribution in [0, 0.1) is 6.92 Å². The molecule has 0 aliphatic heterocycles. The number of amides is 1. The summed E-state index contributed by atoms with van der Waals surface area (Å²) in [6, 6.07) is 11.4. The molecule has 0 spiro atoms. The number of thiophene rings is 1. The Labute approximate surface area is 124 Å². The molecule has 1 heterocycles. The van der Waals surface area contributed by atoms with Crippen LogP contribution in [0.2, 0.25) is 0 Å². The summed E-state index contributed by atoms with van der Waals surface area (Å²) in [6.07, 6.45) is 0. The van der Waals surface area contributed by atoms with Crippen molar-refractivity contribution in [2.45, 2.75) is 13.8 Å². The zero-order valence-corrected chi connectivity index (χ0v) is 13.0. The highest BCUT2D eigenvalue weighted by atomic mass is 79.9. The molecule has 0 saturated heterocycles. The van der Waals surface area contributed by atoms with Crippen LogP contribution in [0.4, 0.5) is 0 Å². The molecule has 19 heavy (non-hydrogen) atoms. The van der Waals surface area contributed by atoms with Crippen molar-refractivity contribution in [3.8, 4) is 0 Å². The maximum absolute atomic E-state index is 12.0. The molecule has 1 aromatic carbocycles. The van der Waals surface area contributed by atoms with E-state index in [9.17, 15) is 4.79 Å². The van der Waals surface area contributed by atoms with Gasteiger partial charge in [0.05, 0.1) is 14.4 Å². The van der Waals surface area contributed by atoms with Crippen LogP contribution in [0.15, 0.2) is 45.3 Å². The Hall–Kier alpha value is -1.46. The molecule has 5 heteroatoms. The normalized spacial score (nSPS) is 11.4. The number of nitrogens with one attached hydrogen (secondary N) is 1. The van der Waals surface area contributed by atoms with Gasteiger partial charge in [-0.15, -0.1) is 11.3 Å². The first-order valence-electron chi connectivity index (χ1n) is 5.74. The Morgan fingerprint density at radius 3 is 2.63 bits per heavy atom. The quantitative estimate of drug-likeness (QED) is 0.668. The van der Waals surface area contributed by atoms with Crippen LogP contribution in [0.3, 0.4) is 0 Å². The summed E-state index contributed by atoms with van der Waals surface area (Å²) in [4.78, 5) is 13.0. The van der Waals surface area contributed by atoms with Crippen molar-refractivity contribution < 1.29 is 4.79 Å². The third-order valence-corrected chi connectivity index (χ3v) is 4.38. The zero-order chi connectivity index (χ0) is 13.8. The van der Waals surface area contributed by atoms with E-state index in [1.165, 1.54) is 0 Å². The topological polar surface area (TPSA) is 41.5 Å². The van der Waals surface area contributed by atoms with Crippen molar-refractivity contribution in [3.63, 3.8) is 0 Å². The molecule has 2 rings (SSSR count). The summed E-state index contributed by atoms with van der Waals surface area (Å²) < 4.78 is 1.04. The first-order valence-corrected chi connectivity index (χ1v) is 7.35. The van der Waals surface area contributed by atoms with Gasteiger partial charge in [-0.25, -0.2) is 5.43 Å². The number of carbonyl (C=O) groups is 1. The summed E-state index contributed by atoms with van der Waals surface area (Å²) in [5, 5.41) is 4.13. The highest BCUT2D eigenvalue weighted by Gasteiger charge is 2.07. The standard InChI is InChI=1S/C14H13BrN2OS/c1-9-5-3-4-6-11(9)14(18)17-16-10(2)12-7-8-13(15)19-12/h3-8H,1-2H3,(H,17,18)/b16-10+. The van der Waals surface area contributed by atoms with Crippen LogP contribution in [0.1, 0.15) is 27.7 Å². The molecule has 0 aliphatic rings. The third-order valence-electron chi connectivity index (χ3n) is 2.64. The fourth-order valence-corrected chi connectivity index (χ4v) is 2.92. The number of carbonyl (C=O) groups excluding carboxylic acids is 1. The lowest BCUT2D eigenvalue weighted by atomic mass is 10.1. The van der Waals surface area contributed by atoms with Gasteiger partial charge < -0.3 is 0 Å². The number of halogens is 1. The molecule has 2 aromatic rings. The number of aryl methyl sites for hydroxylation is 1. The minimum absolute atomic E-state index is 0.187. The lowest BCUT2D eigenvalue weighted by Crippen LogP contribution is -2.20. The van der Waals surface area contributed by atoms with E-state index in [2.05, 4.69) is 26.5 Å². The Morgan fingerprint density at radius 2 is 2.00 bits per heavy atom. The van der Waals surface area contributed by atoms with Gasteiger partial charge in [0.2, 0.25) is 0 Å². The van der Waals surface area contributed by atoms with Gasteiger partial charge in [0.15, 0.2) is 0 Å². The Bertz CT molecular complexity index is 634. The van der Waals surface area contributed by atoms with Crippen LogP contribution in [-0.2, 0) is 0 Å². The van der Waals surface area contributed by atoms with E-state index in [4.69, 9.17) is 0 Å². The van der Waals surface area contributed by atoms with E-state index in [-0.39, 0.29) is 5.91 Å². The molecule has 0 bridgehead atoms. The van der Waals surface area contributed by atoms with Crippen LogP contribution in [0.5, 0.6) is 0 Å². The average Bonchev–Trinajstić information content (AvgIpc) is 2.83. The second-order valence-electron chi connectivity index (χ2n) is 4.06. The fourth-order valence-electron chi connectivity index (χ4n) is 1.59. The average molecular weight is 337 g/mol. The van der Waals surface area contributed by atoms with Crippen molar-refractivity contribution in [2.75, 3.05) is 0 Å². The van der Waals surface area contributed by atoms with Crippen LogP contribution in [-0.4, -0.2) is 11.6 Å². The zero-order valence-electron chi connectivity index (χ0n) is 10.6. The summed E-state index contributed by atoms with van der Waals surface area (Å²) in [5.41, 5.74) is 4.96. The summed E-state index contributed by atoms with van der Waals surface area (Å²) in [6.45, 7) is 3.78. The molecule has 3 nitrogen and oxygen atoms in total. The molecule has 1 aromatic heterocycles. The van der Waals surface area contributed by atoms with E-state index >= 15 is 0 Å². The summed E-state index contributed by atoms with van der Waals surface area (Å²) in [5.74, 6) is -0.187. The molecule has 0 atom stereocenters. The van der Waals surface area contributed by atoms with Gasteiger partial charge in [-0.05, 0) is 53.5 Å². The van der Waals surface area contributed by atoms with Crippen molar-refractivity contribution >= 4 is 38.9 Å². The smallest absolute Gasteiger partial charge is 0.267 e. The van der Waals surface area contributed by atoms with Crippen molar-refractivity contribution in [1.82, 2.24) is 5.43 Å². The number of hydrogen-bond acceptors (Lipinski definition) is 3. The molecular formula is C14H13BrN2OS. The molecule has 0 aliphatic carbocycles. The molecule has 0 fully saturated rings. The summed E-state index contributed by atoms with van der Waals surface area (Å²) >= 11 is 4.98. The van der Waals surface area contributed by atoms with Gasteiger partial charge in [0, 0.05) is 5.56 Å². The first kappa shape index (κ1) is 14.0. The van der Waals surface area contributed by atoms with Gasteiger partial charge >= 0.3 is 0 Å². The van der Waals surface area contributed by atoms with Crippen LogP contribution in [0.25, 0.3) is 0 Å². The van der Waals surface area contributed by atoms with Gasteiger partial charge in [0.1, 0.15) is 0 Å². The number of rotatable bonds is 3. The van der Waals surface area contributed by atoms with Gasteiger partial charge in [0.25, 0.3) is 5.91 Å². The second kappa shape index (κ2) is 6.12. The molecule has 0 saturated carbocycles. The highest BCUT2D eigenvalue weighted by molar-refractivity contribution is 9.11. The largest absolute Gasteiger partial charge is 0.271 e. The number of hydrogen-bond donors (Lipinski definition) is 1. The SMILES string of the molecule is C/C(=N\NC(=O)c1ccccc1C)c1ccc(Br)s1. The number of benzene rings is 1. The van der Waals surface area contributed by atoms with Crippen molar-refractivity contribution in [1.29, 1.82) is 0 Å². The monoisotopic (exact) mass is 336 g/mol. The van der Waals surface area contributed by atoms with Gasteiger partial charge in [-0.1, -0.05) is 18.2 Å². The minimum atomic E-state index is -0.187. The minimum Gasteiger partial charge on any atom is -0.267 e. The first-order chi connectivity index (χ1) is 9.08. The summed E-state index contributed by atoms with van der Waals surface area (Å²) in [7, 11) is 0. The molecule has 0 radical (unpaired) electrons. The predicted octanol–water partition coefficient (Wildman–Crippen LogP) is 3.97. The fraction of sp³-hybridized carbons (Fsp3) is 0.143. The maximum Gasteiger partial charge on any atom is 0.271 e. The van der Waals surface area contributed by atoms with E-state index in [1.807, 2.05) is 44.2 Å². The van der Waals surface area contributed by atoms with Crippen molar-refractivity contribution in [3.05, 3.63) is 56.2 Å². The van der Waals surface area contributed by atoms with Gasteiger partial charge in [-0.3, -0.25) is 4.79 Å². The van der Waals surface area contributed by atoms with Gasteiger partial charge in [-0.2, -0.15) is 5.10 Å². The highest BCUT2D eigenvalue weighted by Crippen LogP contribution is 2.22. The number of nitrogens with zero attached hydrogens (tertiary/aromatic N) is 1. The lowest BCUT2D eigenvalue weighted by molar-refractivity contribution is 0.0954. The molecule has 1 amide bonds. The van der Waals surface area contributed by atoms with Crippen LogP contribution < -0.4 is 5.43 Å². The third kappa shape index (κ3) is 3.52. The molecule has 1 N–H and O–H groups in total. The van der Waals surface area contributed by atoms with E-state index < -0.39 is 0 Å². The maximum atomic E-state index is 12.0. The van der Waals surface area contributed by atoms with Crippen molar-refractivity contribution in [2.24, 2.45) is 5.10 Å². The van der Waals surface area contributed by atoms with E-state index in [0.29, 0.717) is 5.56 Å². The Balaban J connectivity index is 2.10. The van der Waals surface area contributed by atoms with E-state index in [1.54, 1.807) is 17.4 Å². The number of hydrazone groups is 1. The second-order valence-corrected chi connectivity index (χ2v) is 6.52. The molecule has 0 unspecified atom stereocenters.